The lowest BCUT2D eigenvalue weighted by molar-refractivity contribution is 0.420. The minimum Gasteiger partial charge on any atom is -0.0622 e. The standard InChI is InChI=1S/C22H34.C22H22/c2*1-22(2,3)21-19(17-11-6-4-7-12-17)15-10-16-20(21)18-13-8-5-9-14-18/h10,15-18H,4-9,11-14H2,1-3H3;4-16H,1-3H3. The van der Waals surface area contributed by atoms with Crippen molar-refractivity contribution in [3.05, 3.63) is 119 Å². The van der Waals surface area contributed by atoms with Gasteiger partial charge in [0.05, 0.1) is 0 Å². The highest BCUT2D eigenvalue weighted by Gasteiger charge is 2.30. The molecule has 2 saturated carbocycles. The predicted octanol–water partition coefficient (Wildman–Crippen LogP) is 13.4. The molecule has 4 aromatic carbocycles. The van der Waals surface area contributed by atoms with Crippen LogP contribution in [0, 0.1) is 0 Å². The van der Waals surface area contributed by atoms with Gasteiger partial charge in [-0.2, -0.15) is 0 Å². The van der Waals surface area contributed by atoms with E-state index >= 15 is 0 Å². The minimum absolute atomic E-state index is 0.0810. The topological polar surface area (TPSA) is 0 Å². The molecule has 0 spiro atoms. The number of hydrogen-bond acceptors (Lipinski definition) is 0. The van der Waals surface area contributed by atoms with E-state index in [0.29, 0.717) is 0 Å². The van der Waals surface area contributed by atoms with Crippen LogP contribution >= 0.6 is 0 Å². The maximum Gasteiger partial charge on any atom is -0.0120 e. The summed E-state index contributed by atoms with van der Waals surface area (Å²) in [6, 6.07) is 35.3. The highest BCUT2D eigenvalue weighted by molar-refractivity contribution is 5.80. The van der Waals surface area contributed by atoms with Gasteiger partial charge in [-0.05, 0) is 92.9 Å². The van der Waals surface area contributed by atoms with E-state index in [1.54, 1.807) is 16.7 Å². The summed E-state index contributed by atoms with van der Waals surface area (Å²) in [4.78, 5) is 0. The lowest BCUT2D eigenvalue weighted by Gasteiger charge is -2.35. The quantitative estimate of drug-likeness (QED) is 0.224. The summed E-state index contributed by atoms with van der Waals surface area (Å²) in [6.07, 6.45) is 14.3. The van der Waals surface area contributed by atoms with Gasteiger partial charge in [0.25, 0.3) is 0 Å². The van der Waals surface area contributed by atoms with Crippen LogP contribution in [-0.2, 0) is 10.8 Å². The van der Waals surface area contributed by atoms with Gasteiger partial charge in [0.1, 0.15) is 0 Å². The van der Waals surface area contributed by atoms with E-state index in [1.807, 2.05) is 0 Å². The van der Waals surface area contributed by atoms with Crippen LogP contribution in [0.5, 0.6) is 0 Å². The lowest BCUT2D eigenvalue weighted by Crippen LogP contribution is -2.22. The van der Waals surface area contributed by atoms with Crippen LogP contribution in [0.15, 0.2) is 97.1 Å². The molecule has 0 nitrogen and oxygen atoms in total. The molecule has 0 heteroatoms. The van der Waals surface area contributed by atoms with E-state index in [4.69, 9.17) is 0 Å². The van der Waals surface area contributed by atoms with Crippen molar-refractivity contribution >= 4 is 0 Å². The Morgan fingerprint density at radius 3 is 1.11 bits per heavy atom. The van der Waals surface area contributed by atoms with Gasteiger partial charge in [-0.25, -0.2) is 0 Å². The van der Waals surface area contributed by atoms with Gasteiger partial charge < -0.3 is 0 Å². The molecule has 0 radical (unpaired) electrons. The van der Waals surface area contributed by atoms with Crippen molar-refractivity contribution in [1.29, 1.82) is 0 Å². The minimum atomic E-state index is 0.0810. The monoisotopic (exact) mass is 584 g/mol. The molecule has 2 fully saturated rings. The molecule has 0 saturated heterocycles. The van der Waals surface area contributed by atoms with Crippen molar-refractivity contribution < 1.29 is 0 Å². The van der Waals surface area contributed by atoms with Gasteiger partial charge in [0.15, 0.2) is 0 Å². The molecule has 6 rings (SSSR count). The molecular weight excluding hydrogens is 528 g/mol. The van der Waals surface area contributed by atoms with Gasteiger partial charge in [0.2, 0.25) is 0 Å². The third-order valence-electron chi connectivity index (χ3n) is 9.95. The van der Waals surface area contributed by atoms with Gasteiger partial charge in [-0.15, -0.1) is 0 Å². The molecule has 0 atom stereocenters. The van der Waals surface area contributed by atoms with Crippen molar-refractivity contribution in [1.82, 2.24) is 0 Å². The van der Waals surface area contributed by atoms with Crippen LogP contribution in [0.3, 0.4) is 0 Å². The summed E-state index contributed by atoms with van der Waals surface area (Å²) in [5.74, 6) is 1.65. The summed E-state index contributed by atoms with van der Waals surface area (Å²) < 4.78 is 0. The molecule has 2 aliphatic carbocycles. The first-order chi connectivity index (χ1) is 21.1. The molecule has 0 aliphatic heterocycles. The summed E-state index contributed by atoms with van der Waals surface area (Å²) in [5.41, 5.74) is 12.1. The first-order valence-electron chi connectivity index (χ1n) is 17.5. The molecule has 2 aliphatic rings. The van der Waals surface area contributed by atoms with Crippen molar-refractivity contribution in [3.8, 4) is 22.3 Å². The maximum atomic E-state index is 2.46. The fourth-order valence-corrected chi connectivity index (χ4v) is 8.04. The Balaban J connectivity index is 0.000000175. The van der Waals surface area contributed by atoms with E-state index in [2.05, 4.69) is 139 Å². The Hall–Kier alpha value is -3.12. The van der Waals surface area contributed by atoms with Crippen LogP contribution in [-0.4, -0.2) is 0 Å². The lowest BCUT2D eigenvalue weighted by atomic mass is 9.70. The van der Waals surface area contributed by atoms with Crippen LogP contribution in [0.1, 0.15) is 140 Å². The summed E-state index contributed by atoms with van der Waals surface area (Å²) in [5, 5.41) is 0. The summed E-state index contributed by atoms with van der Waals surface area (Å²) in [6.45, 7) is 14.2. The zero-order valence-corrected chi connectivity index (χ0v) is 28.5. The first kappa shape index (κ1) is 32.3. The first-order valence-corrected chi connectivity index (χ1v) is 17.5. The predicted molar refractivity (Wildman–Crippen MR) is 193 cm³/mol. The smallest absolute Gasteiger partial charge is 0.0120 e. The van der Waals surface area contributed by atoms with Crippen LogP contribution in [0.25, 0.3) is 22.3 Å². The van der Waals surface area contributed by atoms with Crippen LogP contribution in [0.4, 0.5) is 0 Å². The zero-order chi connectivity index (χ0) is 31.2. The molecular formula is C44H56. The van der Waals surface area contributed by atoms with Gasteiger partial charge in [-0.3, -0.25) is 0 Å². The number of hydrogen-bond donors (Lipinski definition) is 0. The third-order valence-corrected chi connectivity index (χ3v) is 9.95. The third kappa shape index (κ3) is 7.74. The molecule has 0 amide bonds. The molecule has 0 bridgehead atoms. The Bertz CT molecular complexity index is 1360. The van der Waals surface area contributed by atoms with Gasteiger partial charge >= 0.3 is 0 Å². The number of rotatable bonds is 4. The fourth-order valence-electron chi connectivity index (χ4n) is 8.04. The molecule has 0 aromatic heterocycles. The largest absolute Gasteiger partial charge is 0.0622 e. The number of benzene rings is 4. The Labute approximate surface area is 269 Å². The molecule has 232 valence electrons. The van der Waals surface area contributed by atoms with Crippen LogP contribution < -0.4 is 0 Å². The van der Waals surface area contributed by atoms with E-state index in [0.717, 1.165) is 11.8 Å². The average molecular weight is 585 g/mol. The zero-order valence-electron chi connectivity index (χ0n) is 28.5. The SMILES string of the molecule is CC(C)(C)c1c(-c2ccccc2)cccc1-c1ccccc1.CC(C)(C)c1c(C2CCCCC2)cccc1C1CCCCC1. The van der Waals surface area contributed by atoms with Crippen molar-refractivity contribution in [2.45, 2.75) is 128 Å². The molecule has 4 aromatic rings. The van der Waals surface area contributed by atoms with E-state index in [-0.39, 0.29) is 10.8 Å². The van der Waals surface area contributed by atoms with E-state index < -0.39 is 0 Å². The summed E-state index contributed by atoms with van der Waals surface area (Å²) in [7, 11) is 0. The van der Waals surface area contributed by atoms with Gasteiger partial charge in [-0.1, -0.05) is 177 Å². The Morgan fingerprint density at radius 1 is 0.386 bits per heavy atom. The van der Waals surface area contributed by atoms with E-state index in [9.17, 15) is 0 Å². The highest BCUT2D eigenvalue weighted by Crippen LogP contribution is 2.44. The van der Waals surface area contributed by atoms with Crippen molar-refractivity contribution in [2.75, 3.05) is 0 Å². The highest BCUT2D eigenvalue weighted by atomic mass is 14.3. The van der Waals surface area contributed by atoms with Gasteiger partial charge in [0, 0.05) is 0 Å². The van der Waals surface area contributed by atoms with Crippen molar-refractivity contribution in [3.63, 3.8) is 0 Å². The Morgan fingerprint density at radius 2 is 0.750 bits per heavy atom. The summed E-state index contributed by atoms with van der Waals surface area (Å²) >= 11 is 0. The molecule has 44 heavy (non-hydrogen) atoms. The van der Waals surface area contributed by atoms with Crippen LogP contribution in [0.2, 0.25) is 0 Å². The Kier molecular flexibility index (Phi) is 10.5. The molecule has 0 N–H and O–H groups in total. The van der Waals surface area contributed by atoms with Crippen molar-refractivity contribution in [2.24, 2.45) is 0 Å². The molecule has 0 unspecified atom stereocenters. The normalized spacial score (nSPS) is 16.7. The second kappa shape index (κ2) is 14.3. The second-order valence-corrected chi connectivity index (χ2v) is 15.4. The maximum absolute atomic E-state index is 2.46. The fraction of sp³-hybridized carbons (Fsp3) is 0.455. The molecule has 0 heterocycles. The second-order valence-electron chi connectivity index (χ2n) is 15.4. The van der Waals surface area contributed by atoms with E-state index in [1.165, 1.54) is 92.0 Å². The average Bonchev–Trinajstić information content (AvgIpc) is 3.05.